The first-order valence-electron chi connectivity index (χ1n) is 8.43. The zero-order valence-corrected chi connectivity index (χ0v) is 15.6. The van der Waals surface area contributed by atoms with Crippen LogP contribution in [0.2, 0.25) is 0 Å². The van der Waals surface area contributed by atoms with Gasteiger partial charge in [-0.1, -0.05) is 31.5 Å². The van der Waals surface area contributed by atoms with E-state index in [4.69, 9.17) is 4.74 Å². The molecule has 0 spiro atoms. The Kier molecular flexibility index (Phi) is 6.82. The molecule has 0 aromatic heterocycles. The molecule has 0 radical (unpaired) electrons. The minimum absolute atomic E-state index is 0.0827. The molecule has 2 atom stereocenters. The highest BCUT2D eigenvalue weighted by Gasteiger charge is 2.39. The third-order valence-corrected chi connectivity index (χ3v) is 5.68. The summed E-state index contributed by atoms with van der Waals surface area (Å²) in [4.78, 5) is 11.5. The van der Waals surface area contributed by atoms with Crippen LogP contribution in [0.3, 0.4) is 0 Å². The normalized spacial score (nSPS) is 20.1. The fourth-order valence-corrected chi connectivity index (χ4v) is 3.72. The van der Waals surface area contributed by atoms with Gasteiger partial charge in [0.2, 0.25) is 10.0 Å². The number of sulfonamides is 1. The Morgan fingerprint density at radius 3 is 2.54 bits per heavy atom. The second-order valence-corrected chi connectivity index (χ2v) is 7.92. The van der Waals surface area contributed by atoms with Gasteiger partial charge in [0.25, 0.3) is 0 Å². The summed E-state index contributed by atoms with van der Waals surface area (Å²) in [6, 6.07) is 8.85. The average Bonchev–Trinajstić information content (AvgIpc) is 2.63. The Balaban J connectivity index is 2.43. The van der Waals surface area contributed by atoms with Crippen molar-refractivity contribution in [1.82, 2.24) is 10.0 Å². The number of carbonyl (C=O) groups is 1. The lowest BCUT2D eigenvalue weighted by molar-refractivity contribution is -0.132. The van der Waals surface area contributed by atoms with Gasteiger partial charge in [0.05, 0.1) is 11.3 Å². The number of aliphatic carboxylic acids is 1. The van der Waals surface area contributed by atoms with Gasteiger partial charge in [0.15, 0.2) is 6.10 Å². The van der Waals surface area contributed by atoms with Crippen molar-refractivity contribution in [2.24, 2.45) is 0 Å². The average molecular weight is 380 g/mol. The first-order valence-corrected chi connectivity index (χ1v) is 9.98. The highest BCUT2D eigenvalue weighted by Crippen LogP contribution is 2.27. The molecule has 8 heteroatoms. The lowest BCUT2D eigenvalue weighted by Gasteiger charge is -2.31. The van der Waals surface area contributed by atoms with Gasteiger partial charge in [-0.15, -0.1) is 0 Å². The van der Waals surface area contributed by atoms with Gasteiger partial charge in [-0.3, -0.25) is 0 Å². The molecule has 1 aromatic carbocycles. The predicted octanol–water partition coefficient (Wildman–Crippen LogP) is 1.65. The molecule has 1 aliphatic carbocycles. The molecule has 7 nitrogen and oxygen atoms in total. The molecule has 0 saturated heterocycles. The van der Waals surface area contributed by atoms with E-state index in [1.54, 1.807) is 24.3 Å². The second-order valence-electron chi connectivity index (χ2n) is 5.87. The molecule has 1 aromatic rings. The van der Waals surface area contributed by atoms with Gasteiger partial charge in [-0.25, -0.2) is 17.9 Å². The Hall–Kier alpha value is -2.32. The number of benzene rings is 1. The molecule has 142 valence electrons. The quantitative estimate of drug-likeness (QED) is 0.563. The maximum atomic E-state index is 12.5. The minimum Gasteiger partial charge on any atom is -0.482 e. The van der Waals surface area contributed by atoms with Crippen molar-refractivity contribution in [3.05, 3.63) is 53.8 Å². The third kappa shape index (κ3) is 4.86. The fraction of sp³-hybridized carbons (Fsp3) is 0.389. The smallest absolute Gasteiger partial charge is 0.335 e. The Bertz CT molecular complexity index is 787. The summed E-state index contributed by atoms with van der Waals surface area (Å²) >= 11 is 0. The molecule has 26 heavy (non-hydrogen) atoms. The Morgan fingerprint density at radius 2 is 1.96 bits per heavy atom. The first kappa shape index (κ1) is 20.0. The van der Waals surface area contributed by atoms with Crippen LogP contribution in [0.4, 0.5) is 0 Å². The van der Waals surface area contributed by atoms with E-state index in [1.165, 1.54) is 19.2 Å². The molecule has 0 heterocycles. The highest BCUT2D eigenvalue weighted by molar-refractivity contribution is 7.90. The summed E-state index contributed by atoms with van der Waals surface area (Å²) in [7, 11) is -2.52. The summed E-state index contributed by atoms with van der Waals surface area (Å²) in [6.45, 7) is 2.63. The number of hydrogen-bond donors (Lipinski definition) is 3. The standard InChI is InChI=1S/C18H24N2O5S/c1-3-4-10-20-15-11-13(18(21)22)12-16(26(23,24)19-2)17(15)25-14-8-6-5-7-9-14/h5-9,11-12,16-17,19-20H,3-4,10H2,1-2H3,(H,21,22). The largest absolute Gasteiger partial charge is 0.482 e. The van der Waals surface area contributed by atoms with E-state index in [2.05, 4.69) is 10.0 Å². The number of nitrogens with one attached hydrogen (secondary N) is 2. The lowest BCUT2D eigenvalue weighted by atomic mass is 10.0. The second kappa shape index (κ2) is 8.86. The van der Waals surface area contributed by atoms with E-state index in [-0.39, 0.29) is 5.57 Å². The highest BCUT2D eigenvalue weighted by atomic mass is 32.2. The summed E-state index contributed by atoms with van der Waals surface area (Å²) in [5, 5.41) is 11.3. The molecule has 0 fully saturated rings. The zero-order chi connectivity index (χ0) is 19.2. The molecule has 2 unspecified atom stereocenters. The SMILES string of the molecule is CCCCNC1=CC(C(=O)O)=CC(S(=O)(=O)NC)C1Oc1ccccc1. The predicted molar refractivity (Wildman–Crippen MR) is 99.3 cm³/mol. The molecule has 0 amide bonds. The molecule has 1 aliphatic rings. The van der Waals surface area contributed by atoms with Crippen LogP contribution in [0, 0.1) is 0 Å². The van der Waals surface area contributed by atoms with Crippen LogP contribution in [-0.2, 0) is 14.8 Å². The minimum atomic E-state index is -3.82. The Labute approximate surface area is 153 Å². The maximum absolute atomic E-state index is 12.5. The summed E-state index contributed by atoms with van der Waals surface area (Å²) in [5.74, 6) is -0.682. The van der Waals surface area contributed by atoms with Crippen molar-refractivity contribution in [2.45, 2.75) is 31.1 Å². The van der Waals surface area contributed by atoms with E-state index in [0.717, 1.165) is 12.8 Å². The number of carboxylic acids is 1. The molecular formula is C18H24N2O5S. The summed E-state index contributed by atoms with van der Waals surface area (Å²) in [6.07, 6.45) is 3.59. The summed E-state index contributed by atoms with van der Waals surface area (Å²) < 4.78 is 33.2. The monoisotopic (exact) mass is 380 g/mol. The van der Waals surface area contributed by atoms with E-state index in [0.29, 0.717) is 18.0 Å². The number of rotatable bonds is 9. The summed E-state index contributed by atoms with van der Waals surface area (Å²) in [5.41, 5.74) is 0.353. The number of carboxylic acid groups (broad SMARTS) is 1. The molecule has 2 rings (SSSR count). The van der Waals surface area contributed by atoms with Crippen LogP contribution in [0.15, 0.2) is 53.8 Å². The van der Waals surface area contributed by atoms with Crippen molar-refractivity contribution >= 4 is 16.0 Å². The van der Waals surface area contributed by atoms with Crippen LogP contribution in [0.1, 0.15) is 19.8 Å². The fourth-order valence-electron chi connectivity index (χ4n) is 2.60. The van der Waals surface area contributed by atoms with Gasteiger partial charge < -0.3 is 15.2 Å². The van der Waals surface area contributed by atoms with Crippen LogP contribution in [0.25, 0.3) is 0 Å². The molecule has 0 saturated carbocycles. The molecular weight excluding hydrogens is 356 g/mol. The molecule has 0 aliphatic heterocycles. The number of unbranched alkanes of at least 4 members (excludes halogenated alkanes) is 1. The third-order valence-electron chi connectivity index (χ3n) is 4.02. The number of ether oxygens (including phenoxy) is 1. The lowest BCUT2D eigenvalue weighted by Crippen LogP contribution is -2.47. The molecule has 0 bridgehead atoms. The van der Waals surface area contributed by atoms with Crippen LogP contribution >= 0.6 is 0 Å². The van der Waals surface area contributed by atoms with Crippen LogP contribution < -0.4 is 14.8 Å². The van der Waals surface area contributed by atoms with Gasteiger partial charge in [-0.2, -0.15) is 0 Å². The first-order chi connectivity index (χ1) is 12.4. The van der Waals surface area contributed by atoms with Gasteiger partial charge in [0.1, 0.15) is 11.0 Å². The van der Waals surface area contributed by atoms with E-state index < -0.39 is 27.3 Å². The van der Waals surface area contributed by atoms with E-state index >= 15 is 0 Å². The van der Waals surface area contributed by atoms with Gasteiger partial charge in [0, 0.05) is 6.54 Å². The maximum Gasteiger partial charge on any atom is 0.335 e. The van der Waals surface area contributed by atoms with Crippen molar-refractivity contribution in [3.8, 4) is 5.75 Å². The van der Waals surface area contributed by atoms with E-state index in [9.17, 15) is 18.3 Å². The number of hydrogen-bond acceptors (Lipinski definition) is 5. The zero-order valence-electron chi connectivity index (χ0n) is 14.8. The van der Waals surface area contributed by atoms with Crippen molar-refractivity contribution in [1.29, 1.82) is 0 Å². The van der Waals surface area contributed by atoms with Crippen molar-refractivity contribution in [2.75, 3.05) is 13.6 Å². The van der Waals surface area contributed by atoms with Crippen LogP contribution in [-0.4, -0.2) is 44.4 Å². The van der Waals surface area contributed by atoms with Gasteiger partial charge >= 0.3 is 5.97 Å². The topological polar surface area (TPSA) is 105 Å². The Morgan fingerprint density at radius 1 is 1.27 bits per heavy atom. The van der Waals surface area contributed by atoms with Crippen molar-refractivity contribution < 1.29 is 23.1 Å². The van der Waals surface area contributed by atoms with Crippen LogP contribution in [0.5, 0.6) is 5.75 Å². The van der Waals surface area contributed by atoms with E-state index in [1.807, 2.05) is 13.0 Å². The molecule has 3 N–H and O–H groups in total. The van der Waals surface area contributed by atoms with Crippen molar-refractivity contribution in [3.63, 3.8) is 0 Å². The van der Waals surface area contributed by atoms with Gasteiger partial charge in [-0.05, 0) is 37.8 Å². The number of para-hydroxylation sites is 1.